The number of halogens is 1. The standard InChI is InChI=1S/C23H24ClN3O4/c1-13(2)30-20-10-6-15(12-19(20)24)22-26-21(27-31-22)14-3-7-17(8-4-14)25-18-9-5-16(11-18)23(28)29/h3-4,6-8,10,12-13,16,18,25H,5,9,11H2,1-2H3,(H,28,29)/t16-,18+/m1/s1. The molecule has 8 heteroatoms. The van der Waals surface area contributed by atoms with E-state index in [-0.39, 0.29) is 18.1 Å². The van der Waals surface area contributed by atoms with Gasteiger partial charge in [-0.2, -0.15) is 4.98 Å². The molecule has 1 heterocycles. The molecule has 1 aliphatic rings. The van der Waals surface area contributed by atoms with Crippen LogP contribution < -0.4 is 10.1 Å². The Kier molecular flexibility index (Phi) is 6.13. The number of hydrogen-bond acceptors (Lipinski definition) is 6. The van der Waals surface area contributed by atoms with E-state index in [1.165, 1.54) is 0 Å². The summed E-state index contributed by atoms with van der Waals surface area (Å²) in [5, 5.41) is 17.1. The summed E-state index contributed by atoms with van der Waals surface area (Å²) in [4.78, 5) is 15.6. The fraction of sp³-hybridized carbons (Fsp3) is 0.348. The van der Waals surface area contributed by atoms with Crippen molar-refractivity contribution in [1.82, 2.24) is 10.1 Å². The number of anilines is 1. The summed E-state index contributed by atoms with van der Waals surface area (Å²) >= 11 is 6.31. The zero-order valence-corrected chi connectivity index (χ0v) is 18.1. The molecule has 3 aromatic rings. The van der Waals surface area contributed by atoms with E-state index in [1.807, 2.05) is 44.2 Å². The Morgan fingerprint density at radius 3 is 2.58 bits per heavy atom. The van der Waals surface area contributed by atoms with Gasteiger partial charge < -0.3 is 19.7 Å². The Labute approximate surface area is 185 Å². The Morgan fingerprint density at radius 1 is 1.19 bits per heavy atom. The van der Waals surface area contributed by atoms with Crippen LogP contribution in [0.2, 0.25) is 5.02 Å². The molecule has 0 saturated heterocycles. The van der Waals surface area contributed by atoms with Gasteiger partial charge in [-0.1, -0.05) is 16.8 Å². The molecule has 162 valence electrons. The minimum atomic E-state index is -0.712. The lowest BCUT2D eigenvalue weighted by atomic mass is 10.1. The molecule has 0 unspecified atom stereocenters. The minimum absolute atomic E-state index is 0.0306. The number of nitrogens with one attached hydrogen (secondary N) is 1. The third-order valence-corrected chi connectivity index (χ3v) is 5.56. The van der Waals surface area contributed by atoms with E-state index in [4.69, 9.17) is 26.0 Å². The molecule has 1 saturated carbocycles. The zero-order chi connectivity index (χ0) is 22.0. The molecular weight excluding hydrogens is 418 g/mol. The van der Waals surface area contributed by atoms with Crippen LogP contribution in [0.15, 0.2) is 47.0 Å². The first kappa shape index (κ1) is 21.2. The number of carbonyl (C=O) groups is 1. The summed E-state index contributed by atoms with van der Waals surface area (Å²) in [6, 6.07) is 13.2. The van der Waals surface area contributed by atoms with Gasteiger partial charge in [0.1, 0.15) is 5.75 Å². The van der Waals surface area contributed by atoms with Crippen molar-refractivity contribution in [2.24, 2.45) is 5.92 Å². The van der Waals surface area contributed by atoms with E-state index in [0.717, 1.165) is 17.7 Å². The first-order valence-electron chi connectivity index (χ1n) is 10.3. The van der Waals surface area contributed by atoms with Gasteiger partial charge in [0.15, 0.2) is 0 Å². The van der Waals surface area contributed by atoms with Crippen molar-refractivity contribution >= 4 is 23.3 Å². The second-order valence-electron chi connectivity index (χ2n) is 8.00. The van der Waals surface area contributed by atoms with Crippen LogP contribution in [0.25, 0.3) is 22.8 Å². The molecule has 2 atom stereocenters. The molecule has 1 fully saturated rings. The number of ether oxygens (including phenoxy) is 1. The largest absolute Gasteiger partial charge is 0.489 e. The lowest BCUT2D eigenvalue weighted by molar-refractivity contribution is -0.141. The molecule has 2 aromatic carbocycles. The predicted octanol–water partition coefficient (Wildman–Crippen LogP) is 5.51. The number of carboxylic acids is 1. The van der Waals surface area contributed by atoms with Crippen molar-refractivity contribution in [2.45, 2.75) is 45.3 Å². The van der Waals surface area contributed by atoms with Crippen molar-refractivity contribution < 1.29 is 19.2 Å². The highest BCUT2D eigenvalue weighted by molar-refractivity contribution is 6.32. The van der Waals surface area contributed by atoms with Crippen LogP contribution in [-0.2, 0) is 4.79 Å². The predicted molar refractivity (Wildman–Crippen MR) is 118 cm³/mol. The minimum Gasteiger partial charge on any atom is -0.489 e. The van der Waals surface area contributed by atoms with E-state index in [2.05, 4.69) is 15.5 Å². The number of rotatable bonds is 7. The smallest absolute Gasteiger partial charge is 0.306 e. The Bertz CT molecular complexity index is 1060. The normalized spacial score (nSPS) is 18.3. The summed E-state index contributed by atoms with van der Waals surface area (Å²) in [7, 11) is 0. The molecule has 4 rings (SSSR count). The SMILES string of the molecule is CC(C)Oc1ccc(-c2nc(-c3ccc(N[C@H]4CC[C@@H](C(=O)O)C4)cc3)no2)cc1Cl. The molecule has 7 nitrogen and oxygen atoms in total. The number of carboxylic acid groups (broad SMARTS) is 1. The molecule has 0 amide bonds. The average Bonchev–Trinajstić information content (AvgIpc) is 3.40. The van der Waals surface area contributed by atoms with E-state index in [0.29, 0.717) is 40.9 Å². The van der Waals surface area contributed by atoms with Gasteiger partial charge in [-0.25, -0.2) is 0 Å². The van der Waals surface area contributed by atoms with Crippen molar-refractivity contribution in [3.63, 3.8) is 0 Å². The summed E-state index contributed by atoms with van der Waals surface area (Å²) in [5.74, 6) is 0.498. The van der Waals surface area contributed by atoms with Gasteiger partial charge in [-0.3, -0.25) is 4.79 Å². The Morgan fingerprint density at radius 2 is 1.94 bits per heavy atom. The number of aliphatic carboxylic acids is 1. The first-order chi connectivity index (χ1) is 14.9. The molecule has 0 bridgehead atoms. The Hall–Kier alpha value is -3.06. The maximum Gasteiger partial charge on any atom is 0.306 e. The maximum atomic E-state index is 11.1. The third kappa shape index (κ3) is 4.99. The van der Waals surface area contributed by atoms with Crippen molar-refractivity contribution in [1.29, 1.82) is 0 Å². The third-order valence-electron chi connectivity index (χ3n) is 5.26. The van der Waals surface area contributed by atoms with Crippen LogP contribution in [0, 0.1) is 5.92 Å². The van der Waals surface area contributed by atoms with Crippen molar-refractivity contribution in [3.05, 3.63) is 47.5 Å². The highest BCUT2D eigenvalue weighted by Gasteiger charge is 2.29. The van der Waals surface area contributed by atoms with Gasteiger partial charge in [0.2, 0.25) is 5.82 Å². The van der Waals surface area contributed by atoms with Gasteiger partial charge in [0.05, 0.1) is 17.0 Å². The van der Waals surface area contributed by atoms with Crippen molar-refractivity contribution in [3.8, 4) is 28.6 Å². The highest BCUT2D eigenvalue weighted by atomic mass is 35.5. The van der Waals surface area contributed by atoms with E-state index in [9.17, 15) is 4.79 Å². The van der Waals surface area contributed by atoms with Gasteiger partial charge >= 0.3 is 5.97 Å². The molecule has 2 N–H and O–H groups in total. The zero-order valence-electron chi connectivity index (χ0n) is 17.3. The second kappa shape index (κ2) is 8.98. The lowest BCUT2D eigenvalue weighted by Crippen LogP contribution is -2.17. The van der Waals surface area contributed by atoms with Gasteiger partial charge in [-0.15, -0.1) is 0 Å². The first-order valence-corrected chi connectivity index (χ1v) is 10.7. The van der Waals surface area contributed by atoms with Gasteiger partial charge in [0.25, 0.3) is 5.89 Å². The average molecular weight is 442 g/mol. The van der Waals surface area contributed by atoms with E-state index < -0.39 is 5.97 Å². The molecule has 0 aliphatic heterocycles. The molecule has 0 radical (unpaired) electrons. The van der Waals surface area contributed by atoms with E-state index in [1.54, 1.807) is 12.1 Å². The van der Waals surface area contributed by atoms with Gasteiger partial charge in [-0.05, 0) is 75.6 Å². The molecule has 1 aliphatic carbocycles. The summed E-state index contributed by atoms with van der Waals surface area (Å²) < 4.78 is 11.1. The quantitative estimate of drug-likeness (QED) is 0.498. The van der Waals surface area contributed by atoms with Crippen LogP contribution in [-0.4, -0.2) is 33.4 Å². The topological polar surface area (TPSA) is 97.5 Å². The van der Waals surface area contributed by atoms with E-state index >= 15 is 0 Å². The van der Waals surface area contributed by atoms with Crippen molar-refractivity contribution in [2.75, 3.05) is 5.32 Å². The van der Waals surface area contributed by atoms with Crippen LogP contribution in [0.3, 0.4) is 0 Å². The fourth-order valence-electron chi connectivity index (χ4n) is 3.73. The Balaban J connectivity index is 1.43. The summed E-state index contributed by atoms with van der Waals surface area (Å²) in [6.45, 7) is 3.88. The number of nitrogens with zero attached hydrogens (tertiary/aromatic N) is 2. The molecule has 31 heavy (non-hydrogen) atoms. The van der Waals surface area contributed by atoms with Crippen LogP contribution >= 0.6 is 11.6 Å². The molecular formula is C23H24ClN3O4. The summed E-state index contributed by atoms with van der Waals surface area (Å²) in [5.41, 5.74) is 2.48. The molecule has 0 spiro atoms. The number of benzene rings is 2. The highest BCUT2D eigenvalue weighted by Crippen LogP contribution is 2.32. The summed E-state index contributed by atoms with van der Waals surface area (Å²) in [6.07, 6.45) is 2.25. The fourth-order valence-corrected chi connectivity index (χ4v) is 3.95. The van der Waals surface area contributed by atoms with Crippen LogP contribution in [0.5, 0.6) is 5.75 Å². The van der Waals surface area contributed by atoms with Crippen LogP contribution in [0.1, 0.15) is 33.1 Å². The monoisotopic (exact) mass is 441 g/mol. The number of aromatic nitrogens is 2. The maximum absolute atomic E-state index is 11.1. The lowest BCUT2D eigenvalue weighted by Gasteiger charge is -2.14. The number of hydrogen-bond donors (Lipinski definition) is 2. The van der Waals surface area contributed by atoms with Crippen LogP contribution in [0.4, 0.5) is 5.69 Å². The van der Waals surface area contributed by atoms with Gasteiger partial charge in [0, 0.05) is 22.9 Å². The molecule has 1 aromatic heterocycles. The second-order valence-corrected chi connectivity index (χ2v) is 8.41.